The van der Waals surface area contributed by atoms with Crippen molar-refractivity contribution in [1.29, 1.82) is 0 Å². The Labute approximate surface area is 73.7 Å². The Morgan fingerprint density at radius 2 is 2.08 bits per heavy atom. The average Bonchev–Trinajstić information content (AvgIpc) is 2.11. The summed E-state index contributed by atoms with van der Waals surface area (Å²) in [5, 5.41) is 5.61. The van der Waals surface area contributed by atoms with Crippen LogP contribution in [0.25, 0.3) is 0 Å². The maximum Gasteiger partial charge on any atom is 0.236 e. The summed E-state index contributed by atoms with van der Waals surface area (Å²) in [6, 6.07) is -0.160. The van der Waals surface area contributed by atoms with Crippen molar-refractivity contribution >= 4 is 5.91 Å². The van der Waals surface area contributed by atoms with Gasteiger partial charge in [0.05, 0.1) is 12.1 Å². The van der Waals surface area contributed by atoms with E-state index in [1.807, 2.05) is 13.8 Å². The normalized spacial score (nSPS) is 15.3. The number of nitrogens with one attached hydrogen (secondary N) is 2. The fourth-order valence-electron chi connectivity index (χ4n) is 0.735. The maximum atomic E-state index is 11.0. The molecule has 4 heteroatoms. The first kappa shape index (κ1) is 11.4. The molecule has 0 aliphatic carbocycles. The van der Waals surface area contributed by atoms with Crippen molar-refractivity contribution in [2.45, 2.75) is 26.0 Å². The van der Waals surface area contributed by atoms with Crippen LogP contribution in [0.3, 0.4) is 0 Å². The fraction of sp³-hybridized carbons (Fsp3) is 0.875. The Hall–Kier alpha value is -0.610. The number of rotatable bonds is 5. The van der Waals surface area contributed by atoms with E-state index < -0.39 is 0 Å². The van der Waals surface area contributed by atoms with Crippen LogP contribution >= 0.6 is 0 Å². The van der Waals surface area contributed by atoms with Gasteiger partial charge in [0.1, 0.15) is 0 Å². The van der Waals surface area contributed by atoms with Crippen molar-refractivity contribution in [1.82, 2.24) is 10.6 Å². The van der Waals surface area contributed by atoms with Gasteiger partial charge >= 0.3 is 0 Å². The zero-order chi connectivity index (χ0) is 9.56. The molecule has 2 unspecified atom stereocenters. The predicted octanol–water partition coefficient (Wildman–Crippen LogP) is -0.255. The molecule has 0 spiro atoms. The number of carbonyl (C=O) groups is 1. The molecule has 0 bridgehead atoms. The lowest BCUT2D eigenvalue weighted by Crippen LogP contribution is -2.43. The standard InChI is InChI=1S/C8H18N2O2/c1-6(12-4)5-10-7(2)8(11)9-3/h6-7,10H,5H2,1-4H3,(H,9,11). The number of ether oxygens (including phenoxy) is 1. The maximum absolute atomic E-state index is 11.0. The van der Waals surface area contributed by atoms with Gasteiger partial charge in [-0.15, -0.1) is 0 Å². The molecule has 0 heterocycles. The fourth-order valence-corrected chi connectivity index (χ4v) is 0.735. The third kappa shape index (κ3) is 4.31. The van der Waals surface area contributed by atoms with Gasteiger partial charge in [-0.2, -0.15) is 0 Å². The summed E-state index contributed by atoms with van der Waals surface area (Å²) < 4.78 is 5.02. The molecule has 12 heavy (non-hydrogen) atoms. The third-order valence-electron chi connectivity index (χ3n) is 1.75. The molecule has 0 aromatic heterocycles. The highest BCUT2D eigenvalue weighted by Gasteiger charge is 2.10. The Bertz CT molecular complexity index is 139. The lowest BCUT2D eigenvalue weighted by atomic mass is 10.3. The molecule has 0 aliphatic rings. The van der Waals surface area contributed by atoms with Crippen LogP contribution in [-0.4, -0.2) is 38.8 Å². The Balaban J connectivity index is 3.56. The highest BCUT2D eigenvalue weighted by atomic mass is 16.5. The molecule has 0 rings (SSSR count). The van der Waals surface area contributed by atoms with E-state index in [1.54, 1.807) is 14.2 Å². The molecule has 0 aromatic carbocycles. The summed E-state index contributed by atoms with van der Waals surface area (Å²) in [4.78, 5) is 11.0. The van der Waals surface area contributed by atoms with E-state index >= 15 is 0 Å². The van der Waals surface area contributed by atoms with E-state index in [9.17, 15) is 4.79 Å². The first-order valence-corrected chi connectivity index (χ1v) is 4.09. The number of likely N-dealkylation sites (N-methyl/N-ethyl adjacent to an activating group) is 1. The molecule has 0 aliphatic heterocycles. The zero-order valence-corrected chi connectivity index (χ0v) is 8.18. The third-order valence-corrected chi connectivity index (χ3v) is 1.75. The second kappa shape index (κ2) is 5.97. The molecule has 0 fully saturated rings. The zero-order valence-electron chi connectivity index (χ0n) is 8.18. The summed E-state index contributed by atoms with van der Waals surface area (Å²) in [6.45, 7) is 4.45. The van der Waals surface area contributed by atoms with E-state index in [2.05, 4.69) is 10.6 Å². The summed E-state index contributed by atoms with van der Waals surface area (Å²) >= 11 is 0. The molecule has 72 valence electrons. The predicted molar refractivity (Wildman–Crippen MR) is 48.0 cm³/mol. The molecule has 1 amide bonds. The number of methoxy groups -OCH3 is 1. The van der Waals surface area contributed by atoms with Gasteiger partial charge < -0.3 is 15.4 Å². The van der Waals surface area contributed by atoms with Crippen molar-refractivity contribution in [3.8, 4) is 0 Å². The monoisotopic (exact) mass is 174 g/mol. The molecule has 4 nitrogen and oxygen atoms in total. The quantitative estimate of drug-likeness (QED) is 0.604. The molecule has 2 atom stereocenters. The van der Waals surface area contributed by atoms with Gasteiger partial charge in [-0.05, 0) is 13.8 Å². The largest absolute Gasteiger partial charge is 0.380 e. The lowest BCUT2D eigenvalue weighted by Gasteiger charge is -2.15. The van der Waals surface area contributed by atoms with Gasteiger partial charge in [-0.1, -0.05) is 0 Å². The van der Waals surface area contributed by atoms with Crippen molar-refractivity contribution < 1.29 is 9.53 Å². The van der Waals surface area contributed by atoms with Crippen LogP contribution in [0.5, 0.6) is 0 Å². The minimum Gasteiger partial charge on any atom is -0.380 e. The Morgan fingerprint density at radius 3 is 2.50 bits per heavy atom. The first-order valence-electron chi connectivity index (χ1n) is 4.09. The van der Waals surface area contributed by atoms with Crippen molar-refractivity contribution in [3.63, 3.8) is 0 Å². The highest BCUT2D eigenvalue weighted by molar-refractivity contribution is 5.80. The average molecular weight is 174 g/mol. The van der Waals surface area contributed by atoms with Crippen molar-refractivity contribution in [2.75, 3.05) is 20.7 Å². The van der Waals surface area contributed by atoms with Gasteiger partial charge in [-0.25, -0.2) is 0 Å². The van der Waals surface area contributed by atoms with Gasteiger partial charge in [0.15, 0.2) is 0 Å². The van der Waals surface area contributed by atoms with Crippen LogP contribution in [0.2, 0.25) is 0 Å². The minimum absolute atomic E-state index is 0.00157. The van der Waals surface area contributed by atoms with Gasteiger partial charge in [0.25, 0.3) is 0 Å². The summed E-state index contributed by atoms with van der Waals surface area (Å²) in [7, 11) is 3.27. The van der Waals surface area contributed by atoms with E-state index in [-0.39, 0.29) is 18.1 Å². The molecular weight excluding hydrogens is 156 g/mol. The second-order valence-corrected chi connectivity index (χ2v) is 2.79. The van der Waals surface area contributed by atoms with Crippen LogP contribution in [0.1, 0.15) is 13.8 Å². The van der Waals surface area contributed by atoms with Crippen LogP contribution in [-0.2, 0) is 9.53 Å². The number of hydrogen-bond acceptors (Lipinski definition) is 3. The van der Waals surface area contributed by atoms with Gasteiger partial charge in [0.2, 0.25) is 5.91 Å². The van der Waals surface area contributed by atoms with Gasteiger partial charge in [0, 0.05) is 20.7 Å². The smallest absolute Gasteiger partial charge is 0.236 e. The van der Waals surface area contributed by atoms with Crippen molar-refractivity contribution in [3.05, 3.63) is 0 Å². The van der Waals surface area contributed by atoms with E-state index in [0.29, 0.717) is 6.54 Å². The molecule has 0 aromatic rings. The minimum atomic E-state index is -0.160. The number of hydrogen-bond donors (Lipinski definition) is 2. The number of carbonyl (C=O) groups excluding carboxylic acids is 1. The van der Waals surface area contributed by atoms with Crippen LogP contribution in [0.15, 0.2) is 0 Å². The molecular formula is C8H18N2O2. The first-order chi connectivity index (χ1) is 5.61. The summed E-state index contributed by atoms with van der Waals surface area (Å²) in [6.07, 6.45) is 0.136. The van der Waals surface area contributed by atoms with Crippen molar-refractivity contribution in [2.24, 2.45) is 0 Å². The lowest BCUT2D eigenvalue weighted by molar-refractivity contribution is -0.122. The molecule has 2 N–H and O–H groups in total. The Kier molecular flexibility index (Phi) is 5.66. The van der Waals surface area contributed by atoms with Crippen LogP contribution in [0, 0.1) is 0 Å². The highest BCUT2D eigenvalue weighted by Crippen LogP contribution is 1.86. The van der Waals surface area contributed by atoms with Crippen LogP contribution in [0.4, 0.5) is 0 Å². The van der Waals surface area contributed by atoms with E-state index in [4.69, 9.17) is 4.74 Å². The van der Waals surface area contributed by atoms with E-state index in [1.165, 1.54) is 0 Å². The van der Waals surface area contributed by atoms with Crippen LogP contribution < -0.4 is 10.6 Å². The Morgan fingerprint density at radius 1 is 1.50 bits per heavy atom. The summed E-state index contributed by atoms with van der Waals surface area (Å²) in [5.41, 5.74) is 0. The molecule has 0 radical (unpaired) electrons. The summed E-state index contributed by atoms with van der Waals surface area (Å²) in [5.74, 6) is -0.00157. The van der Waals surface area contributed by atoms with Gasteiger partial charge in [-0.3, -0.25) is 4.79 Å². The number of amides is 1. The van der Waals surface area contributed by atoms with E-state index in [0.717, 1.165) is 0 Å². The topological polar surface area (TPSA) is 50.4 Å². The second-order valence-electron chi connectivity index (χ2n) is 2.79. The molecule has 0 saturated carbocycles. The molecule has 0 saturated heterocycles. The SMILES string of the molecule is CNC(=O)C(C)NCC(C)OC.